The van der Waals surface area contributed by atoms with Crippen LogP contribution in [0.4, 0.5) is 0 Å². The topological polar surface area (TPSA) is 282 Å². The molecular formula is C125H215N9O14. The first-order chi connectivity index (χ1) is 66.9. The molecule has 1 saturated carbocycles. The van der Waals surface area contributed by atoms with Crippen LogP contribution in [-0.4, -0.2) is 238 Å². The Labute approximate surface area is 905 Å². The summed E-state index contributed by atoms with van der Waals surface area (Å²) in [6.07, 6.45) is 53.7. The summed E-state index contributed by atoms with van der Waals surface area (Å²) in [4.78, 5) is 149. The maximum absolute atomic E-state index is 12.0. The molecule has 4 aliphatic carbocycles. The fraction of sp³-hybridized carbons (Fsp3) is 0.704. The summed E-state index contributed by atoms with van der Waals surface area (Å²) in [6.45, 7) is 95.3. The van der Waals surface area contributed by atoms with Gasteiger partial charge in [0.2, 0.25) is 29.4 Å². The monoisotopic (exact) mass is 2070 g/mol. The highest BCUT2D eigenvalue weighted by Gasteiger charge is 2.53. The SMILES string of the molecule is C#CC(=O)C(C)(C)C.C#CC(=O)NC(C)(C)C.C#CC(=O)OCC(C)(C)C.C=CC(=O)N1CCC(C(C)(C)C)C1.C=CC(=O)OCC(C)(C)C.C=CCN(CC(C)(C)C)C(=O)/C=C/CN(C)C.CC(C)(C)C(=O)C1(C#N)CC1.CC(C)(C)CCC(=O)C1=CCC1.CC(C)(C)CCC(=O)C1=CCCC1.CC(C)(C)CCC(=O)C1=CCCCC1.CCN(CC(C)(C)C)C(=O)/C=C/CN(C)C.CN(C)C/C=C/C(=O)N(C)CC(C)(C)C. The molecular weight excluding hydrogens is 1850 g/mol. The van der Waals surface area contributed by atoms with E-state index in [2.05, 4.69) is 205 Å². The van der Waals surface area contributed by atoms with Gasteiger partial charge in [-0.05, 0) is 256 Å². The van der Waals surface area contributed by atoms with Gasteiger partial charge >= 0.3 is 11.9 Å². The second-order valence-electron chi connectivity index (χ2n) is 53.4. The Balaban J connectivity index is -0.000000295. The Morgan fingerprint density at radius 3 is 1.08 bits per heavy atom. The lowest BCUT2D eigenvalue weighted by atomic mass is 9.80. The normalized spacial score (nSPS) is 14.7. The van der Waals surface area contributed by atoms with Crippen molar-refractivity contribution in [2.24, 2.45) is 70.9 Å². The number of hydrogen-bond donors (Lipinski definition) is 1. The third-order valence-electron chi connectivity index (χ3n) is 21.5. The number of nitrogens with one attached hydrogen (secondary N) is 1. The number of terminal acetylenes is 3. The standard InChI is InChI=1S/C14H26N2O.C13H26N2O.C13H22O.C12H24N2O.C12H20O.C11H19NO.C11H18O.C9H13NO.C8H14O2.C8H12O2.C7H11NO.C7H10O/c1-7-10-16(12-14(2,3)4)13(17)9-8-11-15(5)6;1-7-15(11-13(2,3)4)12(16)9-8-10-14(5)6;1-13(2,3)10-9-12(14)11-7-5-4-6-8-11;1-12(2,3)10-14(6)11(15)8-7-9-13(4)5;1-12(2,3)9-8-11(13)10-6-4-5-7-10;1-5-10(13)12-7-6-9(8-12)11(2,3)4;1-11(2,3)8-7-10(12)9-5-4-6-9;1-8(2,3)7(11)9(6-10)4-5-9;2*1-5-7(9)10-6-8(2,3)4;1-5-6(9)8-7(2,3)4;1-5-6(8)7(2,3)4/h7-9H,1,10-12H2,2-6H3;8-9H,7,10-11H2,1-6H3;7H,4-6,8-10H2,1-3H3;7-8H,9-10H2,1-6H3;6H,4-5,7-9H2,1-3H3;5,9H,1,6-8H2,2-4H3;5H,4,6-8H2,1-3H3;4-5H2,1-3H3;5H,1,6H2,2-4H3;1H,6H2,2-4H3;1H,2-4H3,(H,8,9);1H,2-4H3/b2*9-8+;;8-7+;;;;;;;;. The summed E-state index contributed by atoms with van der Waals surface area (Å²) in [5, 5.41) is 11.3. The number of Topliss-reactive ketones (excluding diaryl/α,β-unsaturated/α-hetero) is 5. The maximum Gasteiger partial charge on any atom is 0.384 e. The maximum atomic E-state index is 12.0. The number of ether oxygens (including phenoxy) is 2. The van der Waals surface area contributed by atoms with Crippen molar-refractivity contribution in [3.63, 3.8) is 0 Å². The molecule has 148 heavy (non-hydrogen) atoms. The number of nitrogens with zero attached hydrogens (tertiary/aromatic N) is 8. The van der Waals surface area contributed by atoms with Gasteiger partial charge < -0.3 is 49.1 Å². The van der Waals surface area contributed by atoms with Gasteiger partial charge in [0.05, 0.1) is 19.3 Å². The van der Waals surface area contributed by atoms with Crippen molar-refractivity contribution in [1.29, 1.82) is 5.26 Å². The molecule has 0 aromatic rings. The van der Waals surface area contributed by atoms with E-state index >= 15 is 0 Å². The van der Waals surface area contributed by atoms with E-state index in [9.17, 15) is 57.5 Å². The number of hydrogen-bond acceptors (Lipinski definition) is 18. The number of nitriles is 1. The fourth-order valence-corrected chi connectivity index (χ4v) is 12.9. The number of carbonyl (C=O) groups is 12. The molecule has 0 radical (unpaired) electrons. The molecule has 1 atom stereocenters. The Morgan fingerprint density at radius 2 is 0.831 bits per heavy atom. The van der Waals surface area contributed by atoms with Crippen LogP contribution in [0.5, 0.6) is 0 Å². The van der Waals surface area contributed by atoms with Gasteiger partial charge in [0, 0.05) is 138 Å². The first-order valence-electron chi connectivity index (χ1n) is 53.1. The Bertz CT molecular complexity index is 4400. The number of likely N-dealkylation sites (N-methyl/N-ethyl adjacent to an activating group) is 5. The lowest BCUT2D eigenvalue weighted by molar-refractivity contribution is -0.140. The van der Waals surface area contributed by atoms with E-state index in [4.69, 9.17) is 29.3 Å². The Hall–Kier alpha value is -9.65. The summed E-state index contributed by atoms with van der Waals surface area (Å²) < 4.78 is 9.48. The van der Waals surface area contributed by atoms with Gasteiger partial charge in [-0.3, -0.25) is 47.9 Å². The number of ketones is 5. The van der Waals surface area contributed by atoms with Gasteiger partial charge in [0.1, 0.15) is 5.41 Å². The number of amides is 5. The number of likely N-dealkylation sites (tertiary alicyclic amines) is 1. The third-order valence-corrected chi connectivity index (χ3v) is 21.5. The second kappa shape index (κ2) is 73.5. The molecule has 23 heteroatoms. The van der Waals surface area contributed by atoms with Crippen LogP contribution >= 0.6 is 0 Å². The van der Waals surface area contributed by atoms with E-state index in [-0.39, 0.29) is 101 Å². The quantitative estimate of drug-likeness (QED) is 0.0182. The molecule has 0 spiro atoms. The van der Waals surface area contributed by atoms with E-state index in [1.54, 1.807) is 50.0 Å². The summed E-state index contributed by atoms with van der Waals surface area (Å²) in [5.41, 5.74) is 3.34. The molecule has 1 saturated heterocycles. The minimum atomic E-state index is -0.599. The zero-order chi connectivity index (χ0) is 117. The molecule has 5 aliphatic rings. The van der Waals surface area contributed by atoms with Crippen molar-refractivity contribution in [3.8, 4) is 43.1 Å². The van der Waals surface area contributed by atoms with E-state index in [0.29, 0.717) is 53.9 Å². The van der Waals surface area contributed by atoms with Crippen molar-refractivity contribution in [3.05, 3.63) is 109 Å². The number of carbonyl (C=O) groups excluding carboxylic acids is 12. The van der Waals surface area contributed by atoms with Crippen LogP contribution in [0.3, 0.4) is 0 Å². The number of esters is 2. The van der Waals surface area contributed by atoms with Crippen molar-refractivity contribution in [1.82, 2.24) is 39.6 Å². The van der Waals surface area contributed by atoms with Gasteiger partial charge in [0.15, 0.2) is 23.1 Å². The molecule has 0 bridgehead atoms. The first-order valence-corrected chi connectivity index (χ1v) is 53.1. The summed E-state index contributed by atoms with van der Waals surface area (Å²) in [5.74, 6) is 6.67. The van der Waals surface area contributed by atoms with Crippen molar-refractivity contribution in [2.75, 3.05) is 128 Å². The second-order valence-corrected chi connectivity index (χ2v) is 53.4. The van der Waals surface area contributed by atoms with Crippen LogP contribution in [0.15, 0.2) is 109 Å². The van der Waals surface area contributed by atoms with E-state index in [1.807, 2.05) is 199 Å². The fourth-order valence-electron chi connectivity index (χ4n) is 12.9. The highest BCUT2D eigenvalue weighted by atomic mass is 16.5. The van der Waals surface area contributed by atoms with E-state index < -0.39 is 11.4 Å². The van der Waals surface area contributed by atoms with Crippen LogP contribution in [-0.2, 0) is 67.0 Å². The molecule has 5 amide bonds. The minimum Gasteiger partial charge on any atom is -0.462 e. The van der Waals surface area contributed by atoms with Crippen LogP contribution in [0.1, 0.15) is 372 Å². The molecule has 0 aromatic carbocycles. The zero-order valence-corrected chi connectivity index (χ0v) is 102. The highest BCUT2D eigenvalue weighted by Crippen LogP contribution is 2.50. The smallest absolute Gasteiger partial charge is 0.384 e. The lowest BCUT2D eigenvalue weighted by Crippen LogP contribution is -2.39. The molecule has 1 aliphatic heterocycles. The lowest BCUT2D eigenvalue weighted by Gasteiger charge is -2.28. The Morgan fingerprint density at radius 1 is 0.453 bits per heavy atom. The predicted molar refractivity (Wildman–Crippen MR) is 621 cm³/mol. The van der Waals surface area contributed by atoms with Gasteiger partial charge in [0.25, 0.3) is 5.91 Å². The zero-order valence-electron chi connectivity index (χ0n) is 102. The molecule has 844 valence electrons. The van der Waals surface area contributed by atoms with Crippen LogP contribution in [0, 0.1) is 119 Å². The molecule has 1 unspecified atom stereocenters. The van der Waals surface area contributed by atoms with Crippen LogP contribution < -0.4 is 5.32 Å². The molecule has 23 nitrogen and oxygen atoms in total. The molecule has 2 fully saturated rings. The predicted octanol–water partition coefficient (Wildman–Crippen LogP) is 25.0. The average Bonchev–Trinajstić information content (AvgIpc) is 1.62. The van der Waals surface area contributed by atoms with Crippen LogP contribution in [0.25, 0.3) is 0 Å². The average molecular weight is 2070 g/mol. The number of allylic oxidation sites excluding steroid dienone is 6. The minimum absolute atomic E-state index is 0.00743. The molecule has 1 heterocycles. The molecule has 5 rings (SSSR count). The summed E-state index contributed by atoms with van der Waals surface area (Å²) in [6, 6.07) is 2.11. The van der Waals surface area contributed by atoms with Gasteiger partial charge in [-0.2, -0.15) is 5.26 Å². The van der Waals surface area contributed by atoms with Crippen LogP contribution in [0.2, 0.25) is 0 Å². The Kier molecular flexibility index (Phi) is 75.2. The van der Waals surface area contributed by atoms with Crippen molar-refractivity contribution in [2.45, 2.75) is 377 Å². The van der Waals surface area contributed by atoms with Gasteiger partial charge in [-0.25, -0.2) is 9.59 Å². The summed E-state index contributed by atoms with van der Waals surface area (Å²) in [7, 11) is 13.7. The third kappa shape index (κ3) is 93.6. The largest absolute Gasteiger partial charge is 0.462 e. The van der Waals surface area contributed by atoms with E-state index in [0.717, 1.165) is 172 Å². The highest BCUT2D eigenvalue weighted by molar-refractivity contribution is 5.99. The van der Waals surface area contributed by atoms with Crippen molar-refractivity contribution < 1.29 is 67.0 Å². The molecule has 1 N–H and O–H groups in total. The van der Waals surface area contributed by atoms with E-state index in [1.165, 1.54) is 31.4 Å². The summed E-state index contributed by atoms with van der Waals surface area (Å²) >= 11 is 0. The first kappa shape index (κ1) is 151. The number of rotatable bonds is 29. The van der Waals surface area contributed by atoms with Gasteiger partial charge in [-0.1, -0.05) is 284 Å². The van der Waals surface area contributed by atoms with Crippen molar-refractivity contribution >= 4 is 70.4 Å². The van der Waals surface area contributed by atoms with Gasteiger partial charge in [-0.15, -0.1) is 25.8 Å². The molecule has 0 aromatic heterocycles.